The minimum Gasteiger partial charge on any atom is -0.301 e. The fourth-order valence-corrected chi connectivity index (χ4v) is 4.80. The molecule has 0 spiro atoms. The van der Waals surface area contributed by atoms with Gasteiger partial charge in [-0.05, 0) is 62.4 Å². The Hall–Kier alpha value is -2.40. The van der Waals surface area contributed by atoms with Gasteiger partial charge in [0.1, 0.15) is 6.33 Å². The number of rotatable bonds is 6. The van der Waals surface area contributed by atoms with Crippen molar-refractivity contribution in [3.8, 4) is 0 Å². The van der Waals surface area contributed by atoms with E-state index in [4.69, 9.17) is 0 Å². The molecule has 4 nitrogen and oxygen atoms in total. The average molecular weight is 380 g/mol. The normalized spacial score (nSPS) is 12.2. The highest BCUT2D eigenvalue weighted by Gasteiger charge is 2.17. The summed E-state index contributed by atoms with van der Waals surface area (Å²) in [5.41, 5.74) is 6.61. The molecule has 0 saturated heterocycles. The third-order valence-corrected chi connectivity index (χ3v) is 6.05. The van der Waals surface area contributed by atoms with E-state index in [1.54, 1.807) is 25.0 Å². The summed E-state index contributed by atoms with van der Waals surface area (Å²) in [6, 6.07) is 12.6. The van der Waals surface area contributed by atoms with Crippen LogP contribution in [-0.4, -0.2) is 20.5 Å². The van der Waals surface area contributed by atoms with Gasteiger partial charge >= 0.3 is 0 Å². The van der Waals surface area contributed by atoms with E-state index in [0.717, 1.165) is 27.6 Å². The zero-order valence-electron chi connectivity index (χ0n) is 16.5. The molecule has 0 fully saturated rings. The van der Waals surface area contributed by atoms with E-state index in [9.17, 15) is 4.79 Å². The molecule has 1 atom stereocenters. The highest BCUT2D eigenvalue weighted by Crippen LogP contribution is 2.31. The highest BCUT2D eigenvalue weighted by molar-refractivity contribution is 7.98. The zero-order valence-corrected chi connectivity index (χ0v) is 17.3. The minimum atomic E-state index is 0.122. The second kappa shape index (κ2) is 8.09. The van der Waals surface area contributed by atoms with Crippen LogP contribution in [0.25, 0.3) is 0 Å². The number of carbonyl (C=O) groups excluding carboxylic acids is 1. The summed E-state index contributed by atoms with van der Waals surface area (Å²) in [5.74, 6) is 0.885. The second-order valence-corrected chi connectivity index (χ2v) is 7.88. The Morgan fingerprint density at radius 1 is 1.15 bits per heavy atom. The standard InChI is InChI=1S/C22H25N3OS/c1-14-11-15(2)21(18(5)26)16(3)20(14)12-27-22-24-23-13-25(22)17(4)19-9-7-6-8-10-19/h6-11,13,17H,12H2,1-5H3. The maximum absolute atomic E-state index is 12.1. The van der Waals surface area contributed by atoms with Crippen LogP contribution in [0.5, 0.6) is 0 Å². The van der Waals surface area contributed by atoms with Crippen molar-refractivity contribution in [3.63, 3.8) is 0 Å². The third kappa shape index (κ3) is 3.98. The van der Waals surface area contributed by atoms with Crippen LogP contribution in [0.4, 0.5) is 0 Å². The SMILES string of the molecule is CC(=O)c1c(C)cc(C)c(CSc2nncn2C(C)c2ccccc2)c1C. The molecule has 1 aromatic heterocycles. The molecule has 0 saturated carbocycles. The van der Waals surface area contributed by atoms with Gasteiger partial charge in [0.15, 0.2) is 10.9 Å². The van der Waals surface area contributed by atoms with Gasteiger partial charge in [-0.25, -0.2) is 0 Å². The van der Waals surface area contributed by atoms with Crippen molar-refractivity contribution in [2.45, 2.75) is 51.6 Å². The van der Waals surface area contributed by atoms with Crippen molar-refractivity contribution in [1.82, 2.24) is 14.8 Å². The molecule has 5 heteroatoms. The molecule has 3 aromatic rings. The summed E-state index contributed by atoms with van der Waals surface area (Å²) in [5, 5.41) is 9.33. The topological polar surface area (TPSA) is 47.8 Å². The molecule has 0 radical (unpaired) electrons. The fourth-order valence-electron chi connectivity index (χ4n) is 3.62. The molecule has 0 aliphatic carbocycles. The Morgan fingerprint density at radius 3 is 2.52 bits per heavy atom. The lowest BCUT2D eigenvalue weighted by molar-refractivity contribution is 0.101. The Labute approximate surface area is 165 Å². The Morgan fingerprint density at radius 2 is 1.85 bits per heavy atom. The second-order valence-electron chi connectivity index (χ2n) is 6.94. The Kier molecular flexibility index (Phi) is 5.80. The van der Waals surface area contributed by atoms with Crippen LogP contribution in [0.3, 0.4) is 0 Å². The number of hydrogen-bond acceptors (Lipinski definition) is 4. The summed E-state index contributed by atoms with van der Waals surface area (Å²) in [6.07, 6.45) is 1.79. The first-order valence-corrected chi connectivity index (χ1v) is 10.1. The number of aromatic nitrogens is 3. The van der Waals surface area contributed by atoms with Crippen LogP contribution < -0.4 is 0 Å². The molecule has 0 amide bonds. The predicted octanol–water partition coefficient (Wildman–Crippen LogP) is 5.31. The molecule has 3 rings (SSSR count). The van der Waals surface area contributed by atoms with Gasteiger partial charge in [-0.15, -0.1) is 10.2 Å². The van der Waals surface area contributed by atoms with Crippen LogP contribution in [-0.2, 0) is 5.75 Å². The molecular weight excluding hydrogens is 354 g/mol. The average Bonchev–Trinajstić information content (AvgIpc) is 3.09. The van der Waals surface area contributed by atoms with Crippen LogP contribution in [0.2, 0.25) is 0 Å². The highest BCUT2D eigenvalue weighted by atomic mass is 32.2. The molecule has 1 unspecified atom stereocenters. The van der Waals surface area contributed by atoms with Crippen LogP contribution in [0.1, 0.15) is 58.1 Å². The summed E-state index contributed by atoms with van der Waals surface area (Å²) in [7, 11) is 0. The van der Waals surface area contributed by atoms with Crippen molar-refractivity contribution in [2.75, 3.05) is 0 Å². The van der Waals surface area contributed by atoms with Gasteiger partial charge in [0.2, 0.25) is 0 Å². The number of carbonyl (C=O) groups is 1. The lowest BCUT2D eigenvalue weighted by Crippen LogP contribution is -2.08. The number of aryl methyl sites for hydroxylation is 2. The van der Waals surface area contributed by atoms with Crippen molar-refractivity contribution >= 4 is 17.5 Å². The minimum absolute atomic E-state index is 0.122. The molecule has 140 valence electrons. The number of hydrogen-bond donors (Lipinski definition) is 0. The van der Waals surface area contributed by atoms with Crippen molar-refractivity contribution in [1.29, 1.82) is 0 Å². The molecule has 0 aliphatic rings. The van der Waals surface area contributed by atoms with Gasteiger partial charge in [-0.1, -0.05) is 48.2 Å². The first kappa shape index (κ1) is 19.4. The van der Waals surface area contributed by atoms with E-state index >= 15 is 0 Å². The third-order valence-electron chi connectivity index (χ3n) is 5.07. The molecule has 0 N–H and O–H groups in total. The van der Waals surface area contributed by atoms with Crippen molar-refractivity contribution in [2.24, 2.45) is 0 Å². The maximum Gasteiger partial charge on any atom is 0.191 e. The predicted molar refractivity (Wildman–Crippen MR) is 110 cm³/mol. The largest absolute Gasteiger partial charge is 0.301 e. The lowest BCUT2D eigenvalue weighted by Gasteiger charge is -2.17. The molecule has 27 heavy (non-hydrogen) atoms. The van der Waals surface area contributed by atoms with Gasteiger partial charge in [0, 0.05) is 11.3 Å². The summed E-state index contributed by atoms with van der Waals surface area (Å²) in [6.45, 7) is 9.95. The zero-order chi connectivity index (χ0) is 19.6. The Balaban J connectivity index is 1.86. The number of ketones is 1. The first-order valence-electron chi connectivity index (χ1n) is 9.08. The number of benzene rings is 2. The fraction of sp³-hybridized carbons (Fsp3) is 0.318. The van der Waals surface area contributed by atoms with E-state index in [2.05, 4.69) is 46.8 Å². The number of nitrogens with zero attached hydrogens (tertiary/aromatic N) is 3. The molecule has 0 aliphatic heterocycles. The first-order chi connectivity index (χ1) is 12.9. The quantitative estimate of drug-likeness (QED) is 0.430. The molecule has 2 aromatic carbocycles. The number of Topliss-reactive ketones (excluding diaryl/α,β-unsaturated/α-hetero) is 1. The van der Waals surface area contributed by atoms with Crippen LogP contribution in [0.15, 0.2) is 47.9 Å². The summed E-state index contributed by atoms with van der Waals surface area (Å²) < 4.78 is 2.10. The Bertz CT molecular complexity index is 963. The maximum atomic E-state index is 12.1. The van der Waals surface area contributed by atoms with E-state index in [-0.39, 0.29) is 11.8 Å². The van der Waals surface area contributed by atoms with E-state index < -0.39 is 0 Å². The van der Waals surface area contributed by atoms with Gasteiger partial charge in [-0.3, -0.25) is 4.79 Å². The van der Waals surface area contributed by atoms with E-state index in [1.165, 1.54) is 16.7 Å². The summed E-state index contributed by atoms with van der Waals surface area (Å²) in [4.78, 5) is 12.1. The summed E-state index contributed by atoms with van der Waals surface area (Å²) >= 11 is 1.66. The molecule has 1 heterocycles. The van der Waals surface area contributed by atoms with Crippen molar-refractivity contribution < 1.29 is 4.79 Å². The van der Waals surface area contributed by atoms with Gasteiger partial charge in [0.25, 0.3) is 0 Å². The number of thioether (sulfide) groups is 1. The van der Waals surface area contributed by atoms with Gasteiger partial charge in [0.05, 0.1) is 6.04 Å². The van der Waals surface area contributed by atoms with E-state index in [1.807, 2.05) is 32.0 Å². The van der Waals surface area contributed by atoms with Gasteiger partial charge in [-0.2, -0.15) is 0 Å². The monoisotopic (exact) mass is 379 g/mol. The molecular formula is C22H25N3OS. The van der Waals surface area contributed by atoms with E-state index in [0.29, 0.717) is 0 Å². The van der Waals surface area contributed by atoms with Crippen molar-refractivity contribution in [3.05, 3.63) is 76.1 Å². The smallest absolute Gasteiger partial charge is 0.191 e. The van der Waals surface area contributed by atoms with Gasteiger partial charge < -0.3 is 4.57 Å². The van der Waals surface area contributed by atoms with Crippen LogP contribution >= 0.6 is 11.8 Å². The van der Waals surface area contributed by atoms with Crippen LogP contribution in [0, 0.1) is 20.8 Å². The molecule has 0 bridgehead atoms. The lowest BCUT2D eigenvalue weighted by atomic mass is 9.92.